The minimum Gasteiger partial charge on any atom is -0.362 e. The molecule has 1 aromatic carbocycles. The predicted molar refractivity (Wildman–Crippen MR) is 141 cm³/mol. The largest absolute Gasteiger partial charge is 0.362 e. The molecule has 1 amide bonds. The van der Waals surface area contributed by atoms with Crippen LogP contribution in [0.1, 0.15) is 53.6 Å². The molecule has 3 heterocycles. The van der Waals surface area contributed by atoms with Gasteiger partial charge in [-0.05, 0) is 91.5 Å². The van der Waals surface area contributed by atoms with Crippen LogP contribution in [0.3, 0.4) is 0 Å². The number of H-pyrrole nitrogens is 1. The molecule has 2 atom stereocenters. The molecule has 0 saturated carbocycles. The van der Waals surface area contributed by atoms with Crippen molar-refractivity contribution in [3.8, 4) is 0 Å². The first-order chi connectivity index (χ1) is 15.3. The van der Waals surface area contributed by atoms with E-state index in [1.54, 1.807) is 0 Å². The Labute approximate surface area is 207 Å². The van der Waals surface area contributed by atoms with Gasteiger partial charge in [-0.15, -0.1) is 0 Å². The van der Waals surface area contributed by atoms with Crippen molar-refractivity contribution in [1.82, 2.24) is 15.3 Å². The summed E-state index contributed by atoms with van der Waals surface area (Å²) in [5.41, 5.74) is 7.21. The number of aromatic amines is 1. The van der Waals surface area contributed by atoms with Crippen LogP contribution in [0.15, 0.2) is 42.6 Å². The molecular weight excluding hydrogens is 533 g/mol. The molecule has 4 rings (SSSR count). The number of hydrogen-bond donors (Lipinski definition) is 3. The summed E-state index contributed by atoms with van der Waals surface area (Å²) in [5.74, 6) is 0.000258. The Balaban J connectivity index is 1.82. The van der Waals surface area contributed by atoms with E-state index in [2.05, 4.69) is 68.0 Å². The second-order valence-corrected chi connectivity index (χ2v) is 9.47. The van der Waals surface area contributed by atoms with Crippen LogP contribution in [0.5, 0.6) is 0 Å². The topological polar surface area (TPSA) is 73.1 Å². The second kappa shape index (κ2) is 9.19. The number of nitrogens with zero attached hydrogens (tertiary/aromatic N) is 2. The van der Waals surface area contributed by atoms with Crippen LogP contribution in [-0.4, -0.2) is 21.0 Å². The second-order valence-electron chi connectivity index (χ2n) is 8.00. The molecule has 0 aliphatic carbocycles. The summed E-state index contributed by atoms with van der Waals surface area (Å²) in [5, 5.41) is 7.14. The van der Waals surface area contributed by atoms with Crippen LogP contribution >= 0.6 is 34.8 Å². The summed E-state index contributed by atoms with van der Waals surface area (Å²) in [6, 6.07) is 11.8. The fourth-order valence-corrected chi connectivity index (χ4v) is 5.43. The molecule has 0 spiro atoms. The molecule has 8 heteroatoms. The first-order valence-corrected chi connectivity index (χ1v) is 12.1. The summed E-state index contributed by atoms with van der Waals surface area (Å²) >= 11 is 8.25. The fourth-order valence-electron chi connectivity index (χ4n) is 4.22. The monoisotopic (exact) mass is 559 g/mol. The van der Waals surface area contributed by atoms with Gasteiger partial charge in [-0.25, -0.2) is 0 Å². The van der Waals surface area contributed by atoms with Gasteiger partial charge in [0.1, 0.15) is 0 Å². The summed E-state index contributed by atoms with van der Waals surface area (Å²) in [4.78, 5) is 22.2. The van der Waals surface area contributed by atoms with Crippen LogP contribution in [0.2, 0.25) is 0 Å². The van der Waals surface area contributed by atoms with Crippen molar-refractivity contribution in [2.45, 2.75) is 46.2 Å². The van der Waals surface area contributed by atoms with Gasteiger partial charge >= 0.3 is 0 Å². The first-order valence-electron chi connectivity index (χ1n) is 10.6. The third-order valence-electron chi connectivity index (χ3n) is 5.82. The van der Waals surface area contributed by atoms with Crippen molar-refractivity contribution in [2.24, 2.45) is 0 Å². The van der Waals surface area contributed by atoms with Crippen molar-refractivity contribution in [3.05, 3.63) is 74.4 Å². The Morgan fingerprint density at radius 2 is 2.00 bits per heavy atom. The lowest BCUT2D eigenvalue weighted by atomic mass is 9.96. The molecule has 2 aromatic heterocycles. The molecule has 0 bridgehead atoms. The van der Waals surface area contributed by atoms with E-state index in [0.29, 0.717) is 11.5 Å². The zero-order chi connectivity index (χ0) is 23.0. The molecule has 166 valence electrons. The van der Waals surface area contributed by atoms with E-state index in [1.807, 2.05) is 50.4 Å². The van der Waals surface area contributed by atoms with Crippen LogP contribution in [-0.2, 0) is 4.79 Å². The molecule has 0 radical (unpaired) electrons. The smallest absolute Gasteiger partial charge is 0.224 e. The lowest BCUT2D eigenvalue weighted by Crippen LogP contribution is -2.30. The summed E-state index contributed by atoms with van der Waals surface area (Å²) in [6.07, 6.45) is 2.26. The Bertz CT molecular complexity index is 1180. The van der Waals surface area contributed by atoms with E-state index < -0.39 is 0 Å². The van der Waals surface area contributed by atoms with Gasteiger partial charge in [-0.3, -0.25) is 9.78 Å². The number of nitrogens with one attached hydrogen (secondary N) is 3. The van der Waals surface area contributed by atoms with Gasteiger partial charge in [-0.2, -0.15) is 0 Å². The Kier molecular flexibility index (Phi) is 6.52. The number of rotatable bonds is 5. The molecular formula is C24H26IN5OS. The highest BCUT2D eigenvalue weighted by Gasteiger charge is 2.43. The maximum absolute atomic E-state index is 11.9. The number of anilines is 2. The quantitative estimate of drug-likeness (QED) is 0.286. The van der Waals surface area contributed by atoms with Gasteiger partial charge in [0.2, 0.25) is 5.91 Å². The molecule has 1 aliphatic heterocycles. The zero-order valence-corrected chi connectivity index (χ0v) is 21.5. The maximum Gasteiger partial charge on any atom is 0.224 e. The highest BCUT2D eigenvalue weighted by molar-refractivity contribution is 14.1. The number of benzene rings is 1. The van der Waals surface area contributed by atoms with E-state index in [1.165, 1.54) is 9.13 Å². The maximum atomic E-state index is 11.9. The summed E-state index contributed by atoms with van der Waals surface area (Å²) in [7, 11) is 0. The molecule has 1 aliphatic rings. The van der Waals surface area contributed by atoms with Crippen molar-refractivity contribution >= 4 is 57.2 Å². The predicted octanol–water partition coefficient (Wildman–Crippen LogP) is 5.47. The van der Waals surface area contributed by atoms with Crippen molar-refractivity contribution < 1.29 is 4.79 Å². The number of amides is 1. The average molecular weight is 559 g/mol. The zero-order valence-electron chi connectivity index (χ0n) is 18.5. The van der Waals surface area contributed by atoms with Gasteiger partial charge in [0.25, 0.3) is 0 Å². The normalized spacial score (nSPS) is 18.0. The summed E-state index contributed by atoms with van der Waals surface area (Å²) < 4.78 is 1.20. The Hall–Kier alpha value is -2.46. The lowest BCUT2D eigenvalue weighted by Gasteiger charge is -2.29. The van der Waals surface area contributed by atoms with Crippen LogP contribution in [0, 0.1) is 24.3 Å². The lowest BCUT2D eigenvalue weighted by molar-refractivity contribution is -0.115. The highest BCUT2D eigenvalue weighted by atomic mass is 127. The van der Waals surface area contributed by atoms with Gasteiger partial charge in [0, 0.05) is 44.5 Å². The van der Waals surface area contributed by atoms with E-state index >= 15 is 0 Å². The van der Waals surface area contributed by atoms with E-state index in [0.717, 1.165) is 34.0 Å². The number of aryl methyl sites for hydroxylation is 3. The number of carbonyl (C=O) groups excluding carboxylic acids is 1. The van der Waals surface area contributed by atoms with Gasteiger partial charge in [-0.1, -0.05) is 13.0 Å². The van der Waals surface area contributed by atoms with Crippen molar-refractivity contribution in [1.29, 1.82) is 0 Å². The van der Waals surface area contributed by atoms with E-state index in [4.69, 9.17) is 12.2 Å². The minimum atomic E-state index is -0.0918. The SMILES string of the molecule is CCC(=O)Nc1ccc(N2C(=S)N[C@@H](c3ccccn3)[C@H]2c2c(C)[nH]c(C)c2I)cc1C. The number of thiocarbonyl (C=S) groups is 1. The molecule has 1 fully saturated rings. The molecule has 3 aromatic rings. The third kappa shape index (κ3) is 4.13. The first kappa shape index (κ1) is 22.7. The third-order valence-corrected chi connectivity index (χ3v) is 7.53. The van der Waals surface area contributed by atoms with Crippen molar-refractivity contribution in [2.75, 3.05) is 10.2 Å². The van der Waals surface area contributed by atoms with Crippen LogP contribution in [0.4, 0.5) is 11.4 Å². The molecule has 1 saturated heterocycles. The number of pyridine rings is 1. The number of aromatic nitrogens is 2. The summed E-state index contributed by atoms with van der Waals surface area (Å²) in [6.45, 7) is 8.04. The van der Waals surface area contributed by atoms with Gasteiger partial charge < -0.3 is 20.5 Å². The Morgan fingerprint density at radius 1 is 1.22 bits per heavy atom. The number of halogens is 1. The van der Waals surface area contributed by atoms with E-state index in [-0.39, 0.29) is 18.0 Å². The Morgan fingerprint density at radius 3 is 2.59 bits per heavy atom. The highest BCUT2D eigenvalue weighted by Crippen LogP contribution is 2.45. The molecule has 0 unspecified atom stereocenters. The number of hydrogen-bond acceptors (Lipinski definition) is 3. The standard InChI is InChI=1S/C24H26IN5OS/c1-5-19(31)28-17-10-9-16(12-13(17)2)30-23(20-14(3)27-15(4)21(20)25)22(29-24(30)32)18-8-6-7-11-26-18/h6-12,22-23,27H,5H2,1-4H3,(H,28,31)(H,29,32)/t22-,23+/m0/s1. The van der Waals surface area contributed by atoms with Gasteiger partial charge in [0.15, 0.2) is 5.11 Å². The van der Waals surface area contributed by atoms with Gasteiger partial charge in [0.05, 0.1) is 17.8 Å². The molecule has 6 nitrogen and oxygen atoms in total. The van der Waals surface area contributed by atoms with Crippen LogP contribution in [0.25, 0.3) is 0 Å². The molecule has 3 N–H and O–H groups in total. The fraction of sp³-hybridized carbons (Fsp3) is 0.292. The van der Waals surface area contributed by atoms with E-state index in [9.17, 15) is 4.79 Å². The minimum absolute atomic E-state index is 0.000258. The van der Waals surface area contributed by atoms with Crippen molar-refractivity contribution in [3.63, 3.8) is 0 Å². The average Bonchev–Trinajstić information content (AvgIpc) is 3.24. The molecule has 32 heavy (non-hydrogen) atoms. The van der Waals surface area contributed by atoms with Crippen LogP contribution < -0.4 is 15.5 Å². The number of carbonyl (C=O) groups is 1.